The number of hydrogen-bond acceptors (Lipinski definition) is 6. The van der Waals surface area contributed by atoms with Crippen molar-refractivity contribution >= 4 is 11.8 Å². The Morgan fingerprint density at radius 1 is 1.25 bits per heavy atom. The molecule has 2 heterocycles. The van der Waals surface area contributed by atoms with E-state index in [9.17, 15) is 9.50 Å². The Morgan fingerprint density at radius 3 is 2.67 bits per heavy atom. The number of halogens is 1. The number of morpholine rings is 1. The fourth-order valence-corrected chi connectivity index (χ4v) is 3.42. The van der Waals surface area contributed by atoms with Gasteiger partial charge in [0.05, 0.1) is 19.3 Å². The van der Waals surface area contributed by atoms with Crippen LogP contribution in [0.15, 0.2) is 29.4 Å². The highest BCUT2D eigenvalue weighted by atomic mass is 32.2. The molecule has 0 radical (unpaired) electrons. The summed E-state index contributed by atoms with van der Waals surface area (Å²) < 4.78 is 20.2. The number of rotatable bonds is 6. The van der Waals surface area contributed by atoms with Crippen LogP contribution in [-0.2, 0) is 11.8 Å². The molecule has 0 bridgehead atoms. The van der Waals surface area contributed by atoms with Crippen molar-refractivity contribution in [3.8, 4) is 11.4 Å². The number of β-amino-alcohol motifs (C(OH)–C–C–N with tert-alkyl or cyclic N) is 1. The number of aliphatic hydroxyl groups excluding tert-OH is 1. The van der Waals surface area contributed by atoms with Gasteiger partial charge in [0.15, 0.2) is 11.0 Å². The van der Waals surface area contributed by atoms with E-state index in [1.165, 1.54) is 23.9 Å². The molecule has 0 spiro atoms. The van der Waals surface area contributed by atoms with E-state index in [2.05, 4.69) is 15.1 Å². The summed E-state index contributed by atoms with van der Waals surface area (Å²) in [4.78, 5) is 2.20. The predicted molar refractivity (Wildman–Crippen MR) is 90.4 cm³/mol. The Morgan fingerprint density at radius 2 is 1.96 bits per heavy atom. The molecule has 1 aliphatic rings. The van der Waals surface area contributed by atoms with Crippen molar-refractivity contribution in [1.82, 2.24) is 19.7 Å². The maximum absolute atomic E-state index is 13.0. The Bertz CT molecular complexity index is 659. The van der Waals surface area contributed by atoms with E-state index in [1.807, 2.05) is 11.6 Å². The van der Waals surface area contributed by atoms with Crippen molar-refractivity contribution < 1.29 is 14.2 Å². The first kappa shape index (κ1) is 17.3. The average molecular weight is 352 g/mol. The first-order chi connectivity index (χ1) is 11.6. The number of thioether (sulfide) groups is 1. The molecule has 1 aromatic carbocycles. The molecule has 2 aromatic rings. The first-order valence-electron chi connectivity index (χ1n) is 7.90. The van der Waals surface area contributed by atoms with Gasteiger partial charge in [0, 0.05) is 38.0 Å². The van der Waals surface area contributed by atoms with Crippen molar-refractivity contribution in [1.29, 1.82) is 0 Å². The lowest BCUT2D eigenvalue weighted by molar-refractivity contribution is 0.0188. The molecule has 0 aliphatic carbocycles. The molecule has 130 valence electrons. The zero-order chi connectivity index (χ0) is 16.9. The number of ether oxygens (including phenoxy) is 1. The Balaban J connectivity index is 1.56. The molecule has 1 aliphatic heterocycles. The largest absolute Gasteiger partial charge is 0.391 e. The van der Waals surface area contributed by atoms with Gasteiger partial charge in [-0.2, -0.15) is 0 Å². The SMILES string of the molecule is Cn1c(SC[C@H](O)CN2CCOCC2)nnc1-c1ccc(F)cc1. The molecule has 0 unspecified atom stereocenters. The van der Waals surface area contributed by atoms with E-state index < -0.39 is 6.10 Å². The average Bonchev–Trinajstić information content (AvgIpc) is 2.95. The first-order valence-corrected chi connectivity index (χ1v) is 8.88. The summed E-state index contributed by atoms with van der Waals surface area (Å²) in [6.07, 6.45) is -0.431. The second kappa shape index (κ2) is 8.06. The molecule has 3 rings (SSSR count). The summed E-state index contributed by atoms with van der Waals surface area (Å²) in [6.45, 7) is 3.81. The lowest BCUT2D eigenvalue weighted by Gasteiger charge is -2.28. The lowest BCUT2D eigenvalue weighted by atomic mass is 10.2. The number of benzene rings is 1. The zero-order valence-electron chi connectivity index (χ0n) is 13.6. The molecular formula is C16H21FN4O2S. The van der Waals surface area contributed by atoms with Crippen LogP contribution in [-0.4, -0.2) is 69.5 Å². The van der Waals surface area contributed by atoms with Crippen LogP contribution in [0.5, 0.6) is 0 Å². The smallest absolute Gasteiger partial charge is 0.191 e. The summed E-state index contributed by atoms with van der Waals surface area (Å²) in [5, 5.41) is 19.3. The highest BCUT2D eigenvalue weighted by molar-refractivity contribution is 7.99. The summed E-state index contributed by atoms with van der Waals surface area (Å²) in [5.74, 6) is 0.953. The third-order valence-electron chi connectivity index (χ3n) is 3.91. The Labute approximate surface area is 144 Å². The van der Waals surface area contributed by atoms with E-state index in [1.54, 1.807) is 12.1 Å². The van der Waals surface area contributed by atoms with E-state index in [-0.39, 0.29) is 5.82 Å². The van der Waals surface area contributed by atoms with Crippen LogP contribution in [0, 0.1) is 5.82 Å². The van der Waals surface area contributed by atoms with Crippen molar-refractivity contribution in [2.45, 2.75) is 11.3 Å². The minimum absolute atomic E-state index is 0.276. The van der Waals surface area contributed by atoms with Gasteiger partial charge in [0.1, 0.15) is 5.82 Å². The molecule has 1 aromatic heterocycles. The van der Waals surface area contributed by atoms with Gasteiger partial charge < -0.3 is 14.4 Å². The number of aromatic nitrogens is 3. The molecule has 6 nitrogen and oxygen atoms in total. The van der Waals surface area contributed by atoms with Crippen LogP contribution in [0.4, 0.5) is 4.39 Å². The number of aliphatic hydroxyl groups is 1. The molecule has 0 amide bonds. The van der Waals surface area contributed by atoms with Crippen molar-refractivity contribution in [2.75, 3.05) is 38.6 Å². The third-order valence-corrected chi connectivity index (χ3v) is 5.08. The summed E-state index contributed by atoms with van der Waals surface area (Å²) in [7, 11) is 1.87. The Kier molecular flexibility index (Phi) is 5.83. The molecule has 1 fully saturated rings. The summed E-state index contributed by atoms with van der Waals surface area (Å²) >= 11 is 1.47. The Hall–Kier alpha value is -1.48. The van der Waals surface area contributed by atoms with E-state index in [4.69, 9.17) is 4.74 Å². The molecule has 1 saturated heterocycles. The lowest BCUT2D eigenvalue weighted by Crippen LogP contribution is -2.41. The van der Waals surface area contributed by atoms with E-state index in [0.29, 0.717) is 18.1 Å². The molecule has 1 N–H and O–H groups in total. The second-order valence-electron chi connectivity index (χ2n) is 5.75. The standard InChI is InChI=1S/C16H21FN4O2S/c1-20-15(12-2-4-13(17)5-3-12)18-19-16(20)24-11-14(22)10-21-6-8-23-9-7-21/h2-5,14,22H,6-11H2,1H3/t14-/m1/s1. The molecule has 0 saturated carbocycles. The fraction of sp³-hybridized carbons (Fsp3) is 0.500. The van der Waals surface area contributed by atoms with Gasteiger partial charge in [0.25, 0.3) is 0 Å². The van der Waals surface area contributed by atoms with Gasteiger partial charge in [-0.15, -0.1) is 10.2 Å². The van der Waals surface area contributed by atoms with Gasteiger partial charge in [-0.05, 0) is 24.3 Å². The van der Waals surface area contributed by atoms with Crippen LogP contribution >= 0.6 is 11.8 Å². The summed E-state index contributed by atoms with van der Waals surface area (Å²) in [6, 6.07) is 6.17. The van der Waals surface area contributed by atoms with E-state index >= 15 is 0 Å². The highest BCUT2D eigenvalue weighted by Gasteiger charge is 2.17. The molecule has 1 atom stereocenters. The maximum Gasteiger partial charge on any atom is 0.191 e. The fourth-order valence-electron chi connectivity index (χ4n) is 2.60. The van der Waals surface area contributed by atoms with Gasteiger partial charge in [-0.25, -0.2) is 4.39 Å². The monoisotopic (exact) mass is 352 g/mol. The number of nitrogens with zero attached hydrogens (tertiary/aromatic N) is 4. The zero-order valence-corrected chi connectivity index (χ0v) is 14.4. The van der Waals surface area contributed by atoms with Crippen LogP contribution in [0.1, 0.15) is 0 Å². The van der Waals surface area contributed by atoms with Gasteiger partial charge >= 0.3 is 0 Å². The third kappa shape index (κ3) is 4.32. The van der Waals surface area contributed by atoms with Crippen LogP contribution in [0.3, 0.4) is 0 Å². The van der Waals surface area contributed by atoms with E-state index in [0.717, 1.165) is 37.0 Å². The van der Waals surface area contributed by atoms with Crippen LogP contribution in [0.25, 0.3) is 11.4 Å². The molecule has 8 heteroatoms. The van der Waals surface area contributed by atoms with Crippen molar-refractivity contribution in [3.63, 3.8) is 0 Å². The minimum Gasteiger partial charge on any atom is -0.391 e. The van der Waals surface area contributed by atoms with Gasteiger partial charge in [-0.1, -0.05) is 11.8 Å². The van der Waals surface area contributed by atoms with Crippen LogP contribution < -0.4 is 0 Å². The number of hydrogen-bond donors (Lipinski definition) is 1. The quantitative estimate of drug-likeness (QED) is 0.793. The maximum atomic E-state index is 13.0. The van der Waals surface area contributed by atoms with Gasteiger partial charge in [-0.3, -0.25) is 4.90 Å². The van der Waals surface area contributed by atoms with Crippen molar-refractivity contribution in [3.05, 3.63) is 30.1 Å². The van der Waals surface area contributed by atoms with Crippen LogP contribution in [0.2, 0.25) is 0 Å². The van der Waals surface area contributed by atoms with Gasteiger partial charge in [0.2, 0.25) is 0 Å². The predicted octanol–water partition coefficient (Wildman–Crippen LogP) is 1.41. The second-order valence-corrected chi connectivity index (χ2v) is 6.74. The highest BCUT2D eigenvalue weighted by Crippen LogP contribution is 2.23. The molecular weight excluding hydrogens is 331 g/mol. The topological polar surface area (TPSA) is 63.4 Å². The molecule has 24 heavy (non-hydrogen) atoms. The summed E-state index contributed by atoms with van der Waals surface area (Å²) in [5.41, 5.74) is 0.812. The minimum atomic E-state index is -0.431. The normalized spacial score (nSPS) is 17.1. The van der Waals surface area contributed by atoms with Crippen molar-refractivity contribution in [2.24, 2.45) is 7.05 Å².